The lowest BCUT2D eigenvalue weighted by molar-refractivity contribution is 0.0981. The molecule has 1 N–H and O–H groups in total. The van der Waals surface area contributed by atoms with Crippen molar-refractivity contribution in [3.05, 3.63) is 113 Å². The van der Waals surface area contributed by atoms with E-state index in [0.717, 1.165) is 11.1 Å². The number of ether oxygens (including phenoxy) is 1. The van der Waals surface area contributed by atoms with Crippen LogP contribution < -0.4 is 9.46 Å². The van der Waals surface area contributed by atoms with Gasteiger partial charge in [-0.25, -0.2) is 13.1 Å². The van der Waals surface area contributed by atoms with Crippen LogP contribution in [0.1, 0.15) is 10.4 Å². The monoisotopic (exact) mass is 497 g/mol. The average Bonchev–Trinajstić information content (AvgIpc) is 2.79. The number of rotatable bonds is 6. The second-order valence-electron chi connectivity index (χ2n) is 7.06. The molecular formula is C25H17Cl2NO4S. The molecule has 4 aromatic rings. The lowest BCUT2D eigenvalue weighted by atomic mass is 10.0. The summed E-state index contributed by atoms with van der Waals surface area (Å²) in [6.45, 7) is 0. The third-order valence-electron chi connectivity index (χ3n) is 4.68. The first kappa shape index (κ1) is 22.9. The fourth-order valence-corrected chi connectivity index (χ4v) is 4.59. The Bertz CT molecular complexity index is 1370. The van der Waals surface area contributed by atoms with E-state index >= 15 is 0 Å². The van der Waals surface area contributed by atoms with E-state index in [-0.39, 0.29) is 10.5 Å². The van der Waals surface area contributed by atoms with Gasteiger partial charge in [0.15, 0.2) is 0 Å². The smallest absolute Gasteiger partial charge is 0.264 e. The molecular weight excluding hydrogens is 481 g/mol. The number of carbonyl (C=O) groups excluding carboxylic acids is 1. The van der Waals surface area contributed by atoms with Crippen LogP contribution in [0, 0.1) is 0 Å². The molecule has 0 atom stereocenters. The number of amides is 1. The molecule has 1 amide bonds. The van der Waals surface area contributed by atoms with Crippen LogP contribution in [0.15, 0.2) is 102 Å². The number of para-hydroxylation sites is 1. The number of nitrogens with one attached hydrogen (secondary N) is 1. The normalized spacial score (nSPS) is 11.1. The van der Waals surface area contributed by atoms with Crippen LogP contribution in [0.25, 0.3) is 11.1 Å². The Morgan fingerprint density at radius 2 is 1.27 bits per heavy atom. The number of halogens is 2. The highest BCUT2D eigenvalue weighted by atomic mass is 35.5. The van der Waals surface area contributed by atoms with Crippen molar-refractivity contribution in [2.24, 2.45) is 0 Å². The van der Waals surface area contributed by atoms with Crippen molar-refractivity contribution in [3.8, 4) is 22.6 Å². The van der Waals surface area contributed by atoms with Crippen molar-refractivity contribution in [1.82, 2.24) is 4.72 Å². The molecule has 8 heteroatoms. The molecule has 0 radical (unpaired) electrons. The third-order valence-corrected chi connectivity index (χ3v) is 6.47. The Morgan fingerprint density at radius 1 is 0.697 bits per heavy atom. The predicted molar refractivity (Wildman–Crippen MR) is 130 cm³/mol. The molecule has 0 aromatic heterocycles. The molecule has 0 saturated carbocycles. The molecule has 5 nitrogen and oxygen atoms in total. The Morgan fingerprint density at radius 3 is 1.88 bits per heavy atom. The maximum Gasteiger partial charge on any atom is 0.264 e. The Hall–Kier alpha value is -3.32. The van der Waals surface area contributed by atoms with Crippen molar-refractivity contribution < 1.29 is 17.9 Å². The summed E-state index contributed by atoms with van der Waals surface area (Å²) in [5.74, 6) is 0.364. The Labute approximate surface area is 201 Å². The van der Waals surface area contributed by atoms with Crippen molar-refractivity contribution in [1.29, 1.82) is 0 Å². The predicted octanol–water partition coefficient (Wildman–Crippen LogP) is 6.57. The minimum Gasteiger partial charge on any atom is -0.457 e. The van der Waals surface area contributed by atoms with E-state index in [1.165, 1.54) is 36.4 Å². The molecule has 0 fully saturated rings. The first-order valence-electron chi connectivity index (χ1n) is 9.77. The number of hydrogen-bond donors (Lipinski definition) is 1. The molecule has 0 bridgehead atoms. The van der Waals surface area contributed by atoms with Gasteiger partial charge >= 0.3 is 0 Å². The van der Waals surface area contributed by atoms with Gasteiger partial charge in [0.1, 0.15) is 11.5 Å². The summed E-state index contributed by atoms with van der Waals surface area (Å²) in [4.78, 5) is 12.5. The zero-order valence-electron chi connectivity index (χ0n) is 17.0. The quantitative estimate of drug-likeness (QED) is 0.326. The molecule has 0 heterocycles. The van der Waals surface area contributed by atoms with E-state index in [1.807, 2.05) is 18.2 Å². The van der Waals surface area contributed by atoms with Crippen LogP contribution in [-0.2, 0) is 10.0 Å². The maximum absolute atomic E-state index is 12.6. The van der Waals surface area contributed by atoms with Gasteiger partial charge in [-0.1, -0.05) is 53.5 Å². The summed E-state index contributed by atoms with van der Waals surface area (Å²) >= 11 is 12.1. The summed E-state index contributed by atoms with van der Waals surface area (Å²) in [6.07, 6.45) is 0. The summed E-state index contributed by atoms with van der Waals surface area (Å²) in [5.41, 5.74) is 1.76. The van der Waals surface area contributed by atoms with Crippen molar-refractivity contribution >= 4 is 39.1 Å². The summed E-state index contributed by atoms with van der Waals surface area (Å²) in [5, 5.41) is 0.983. The van der Waals surface area contributed by atoms with Crippen LogP contribution in [0.3, 0.4) is 0 Å². The summed E-state index contributed by atoms with van der Waals surface area (Å²) in [6, 6.07) is 26.5. The molecule has 166 valence electrons. The highest BCUT2D eigenvalue weighted by molar-refractivity contribution is 7.90. The SMILES string of the molecule is O=C(NS(=O)(=O)c1ccc(Oc2ccccc2)cc1)c1ccc(-c2cc(Cl)cc(Cl)c2)cc1. The van der Waals surface area contributed by atoms with Gasteiger partial charge in [-0.3, -0.25) is 4.79 Å². The van der Waals surface area contributed by atoms with Crippen LogP contribution in [0.5, 0.6) is 11.5 Å². The number of sulfonamides is 1. The Kier molecular flexibility index (Phi) is 6.70. The van der Waals surface area contributed by atoms with Crippen LogP contribution in [-0.4, -0.2) is 14.3 Å². The molecule has 0 spiro atoms. The number of carbonyl (C=O) groups is 1. The van der Waals surface area contributed by atoms with Gasteiger partial charge in [-0.2, -0.15) is 0 Å². The van der Waals surface area contributed by atoms with Gasteiger partial charge in [0.05, 0.1) is 4.90 Å². The fourth-order valence-electron chi connectivity index (χ4n) is 3.09. The van der Waals surface area contributed by atoms with E-state index in [4.69, 9.17) is 27.9 Å². The first-order chi connectivity index (χ1) is 15.8. The summed E-state index contributed by atoms with van der Waals surface area (Å²) < 4.78 is 33.0. The van der Waals surface area contributed by atoms with Gasteiger partial charge in [0, 0.05) is 15.6 Å². The van der Waals surface area contributed by atoms with Crippen LogP contribution in [0.4, 0.5) is 0 Å². The zero-order chi connectivity index (χ0) is 23.4. The van der Waals surface area contributed by atoms with E-state index in [2.05, 4.69) is 4.72 Å². The highest BCUT2D eigenvalue weighted by Gasteiger charge is 2.19. The molecule has 4 rings (SSSR count). The highest BCUT2D eigenvalue weighted by Crippen LogP contribution is 2.27. The topological polar surface area (TPSA) is 72.5 Å². The molecule has 33 heavy (non-hydrogen) atoms. The molecule has 0 aliphatic heterocycles. The molecule has 0 saturated heterocycles. The first-order valence-corrected chi connectivity index (χ1v) is 12.0. The van der Waals surface area contributed by atoms with Gasteiger partial charge in [-0.05, 0) is 77.9 Å². The van der Waals surface area contributed by atoms with Crippen molar-refractivity contribution in [2.45, 2.75) is 4.90 Å². The van der Waals surface area contributed by atoms with Gasteiger partial charge in [0.25, 0.3) is 15.9 Å². The standard InChI is InChI=1S/C25H17Cl2NO4S/c26-20-14-19(15-21(27)16-20)17-6-8-18(9-7-17)25(29)28-33(30,31)24-12-10-23(11-13-24)32-22-4-2-1-3-5-22/h1-16H,(H,28,29). The summed E-state index contributed by atoms with van der Waals surface area (Å²) in [7, 11) is -4.06. The average molecular weight is 498 g/mol. The maximum atomic E-state index is 12.6. The van der Waals surface area contributed by atoms with Gasteiger partial charge in [0.2, 0.25) is 0 Å². The Balaban J connectivity index is 1.46. The molecule has 0 aliphatic carbocycles. The van der Waals surface area contributed by atoms with E-state index < -0.39 is 15.9 Å². The second kappa shape index (κ2) is 9.67. The largest absolute Gasteiger partial charge is 0.457 e. The second-order valence-corrected chi connectivity index (χ2v) is 9.61. The minimum atomic E-state index is -4.06. The van der Waals surface area contributed by atoms with Crippen molar-refractivity contribution in [3.63, 3.8) is 0 Å². The lowest BCUT2D eigenvalue weighted by Gasteiger charge is -2.09. The van der Waals surface area contributed by atoms with Crippen molar-refractivity contribution in [2.75, 3.05) is 0 Å². The zero-order valence-corrected chi connectivity index (χ0v) is 19.4. The molecule has 4 aromatic carbocycles. The molecule has 0 aliphatic rings. The minimum absolute atomic E-state index is 0.0542. The number of hydrogen-bond acceptors (Lipinski definition) is 4. The van der Waals surface area contributed by atoms with Crippen LogP contribution in [0.2, 0.25) is 10.0 Å². The van der Waals surface area contributed by atoms with E-state index in [0.29, 0.717) is 21.5 Å². The van der Waals surface area contributed by atoms with Gasteiger partial charge < -0.3 is 4.74 Å². The van der Waals surface area contributed by atoms with Gasteiger partial charge in [-0.15, -0.1) is 0 Å². The molecule has 0 unspecified atom stereocenters. The van der Waals surface area contributed by atoms with E-state index in [1.54, 1.807) is 42.5 Å². The van der Waals surface area contributed by atoms with E-state index in [9.17, 15) is 13.2 Å². The third kappa shape index (κ3) is 5.73. The van der Waals surface area contributed by atoms with Crippen LogP contribution >= 0.6 is 23.2 Å². The number of benzene rings is 4. The fraction of sp³-hybridized carbons (Fsp3) is 0. The lowest BCUT2D eigenvalue weighted by Crippen LogP contribution is -2.30.